The van der Waals surface area contributed by atoms with Crippen molar-refractivity contribution in [2.45, 2.75) is 32.4 Å². The predicted molar refractivity (Wildman–Crippen MR) is 105 cm³/mol. The van der Waals surface area contributed by atoms with Crippen LogP contribution in [0.5, 0.6) is 5.75 Å². The normalized spacial score (nSPS) is 15.5. The van der Waals surface area contributed by atoms with Gasteiger partial charge in [0.1, 0.15) is 11.8 Å². The van der Waals surface area contributed by atoms with Crippen LogP contribution >= 0.6 is 0 Å². The van der Waals surface area contributed by atoms with E-state index in [2.05, 4.69) is 10.6 Å². The maximum atomic E-state index is 12.7. The van der Waals surface area contributed by atoms with Gasteiger partial charge in [-0.05, 0) is 44.0 Å². The Kier molecular flexibility index (Phi) is 5.63. The molecular formula is C21H23N3O4. The van der Waals surface area contributed by atoms with E-state index < -0.39 is 17.9 Å². The molecule has 7 heteroatoms. The van der Waals surface area contributed by atoms with Crippen molar-refractivity contribution in [1.82, 2.24) is 10.6 Å². The summed E-state index contributed by atoms with van der Waals surface area (Å²) in [7, 11) is 0. The van der Waals surface area contributed by atoms with Crippen LogP contribution in [0.2, 0.25) is 0 Å². The molecule has 0 fully saturated rings. The average molecular weight is 381 g/mol. The molecule has 1 aliphatic heterocycles. The summed E-state index contributed by atoms with van der Waals surface area (Å²) in [6, 6.07) is 12.9. The Bertz CT molecular complexity index is 893. The number of phenolic OH excluding ortho intramolecular Hbond substituents is 1. The fraction of sp³-hybridized carbons (Fsp3) is 0.286. The lowest BCUT2D eigenvalue weighted by atomic mass is 10.1. The summed E-state index contributed by atoms with van der Waals surface area (Å²) in [4.78, 5) is 38.8. The Hall–Kier alpha value is -3.35. The third-order valence-corrected chi connectivity index (χ3v) is 4.63. The molecule has 146 valence electrons. The second kappa shape index (κ2) is 8.12. The highest BCUT2D eigenvalue weighted by Crippen LogP contribution is 2.36. The van der Waals surface area contributed by atoms with Crippen molar-refractivity contribution < 1.29 is 19.5 Å². The first-order chi connectivity index (χ1) is 13.4. The van der Waals surface area contributed by atoms with Crippen molar-refractivity contribution in [2.75, 3.05) is 11.4 Å². The number of aromatic hydroxyl groups is 1. The maximum Gasteiger partial charge on any atom is 0.310 e. The van der Waals surface area contributed by atoms with Gasteiger partial charge in [-0.1, -0.05) is 30.3 Å². The number of carbonyl (C=O) groups is 3. The van der Waals surface area contributed by atoms with Crippen molar-refractivity contribution in [2.24, 2.45) is 0 Å². The van der Waals surface area contributed by atoms with E-state index in [4.69, 9.17) is 0 Å². The number of anilines is 1. The van der Waals surface area contributed by atoms with E-state index in [-0.39, 0.29) is 24.2 Å². The molecule has 28 heavy (non-hydrogen) atoms. The van der Waals surface area contributed by atoms with Crippen molar-refractivity contribution in [3.63, 3.8) is 0 Å². The quantitative estimate of drug-likeness (QED) is 0.686. The number of carbonyl (C=O) groups excluding carboxylic acids is 3. The Balaban J connectivity index is 1.60. The molecule has 1 aliphatic rings. The Morgan fingerprint density at radius 3 is 2.43 bits per heavy atom. The van der Waals surface area contributed by atoms with Gasteiger partial charge in [0.05, 0.1) is 0 Å². The summed E-state index contributed by atoms with van der Waals surface area (Å²) in [5.41, 5.74) is 2.36. The zero-order valence-corrected chi connectivity index (χ0v) is 15.8. The van der Waals surface area contributed by atoms with Gasteiger partial charge >= 0.3 is 11.8 Å². The molecule has 1 heterocycles. The number of rotatable bonds is 5. The van der Waals surface area contributed by atoms with Crippen LogP contribution in [0.3, 0.4) is 0 Å². The summed E-state index contributed by atoms with van der Waals surface area (Å²) in [5, 5.41) is 14.4. The summed E-state index contributed by atoms with van der Waals surface area (Å²) < 4.78 is 0. The third-order valence-electron chi connectivity index (χ3n) is 4.63. The first kappa shape index (κ1) is 19.4. The SMILES string of the molecule is CC(C)N1C(=O)[C@@H](NC(=O)C(=O)NCCc2ccc(O)cc2)c2ccccc21. The van der Waals surface area contributed by atoms with E-state index >= 15 is 0 Å². The van der Waals surface area contributed by atoms with E-state index in [0.717, 1.165) is 11.3 Å². The fourth-order valence-electron chi connectivity index (χ4n) is 3.27. The zero-order valence-electron chi connectivity index (χ0n) is 15.8. The number of fused-ring (bicyclic) bond motifs is 1. The van der Waals surface area contributed by atoms with E-state index in [9.17, 15) is 19.5 Å². The first-order valence-corrected chi connectivity index (χ1v) is 9.17. The molecule has 0 unspecified atom stereocenters. The largest absolute Gasteiger partial charge is 0.508 e. The molecule has 0 bridgehead atoms. The molecule has 1 atom stereocenters. The molecule has 0 saturated carbocycles. The van der Waals surface area contributed by atoms with Crippen LogP contribution in [-0.2, 0) is 20.8 Å². The molecule has 3 N–H and O–H groups in total. The van der Waals surface area contributed by atoms with Crippen LogP contribution in [0, 0.1) is 0 Å². The third kappa shape index (κ3) is 3.98. The molecular weight excluding hydrogens is 358 g/mol. The van der Waals surface area contributed by atoms with Gasteiger partial charge in [-0.3, -0.25) is 14.4 Å². The van der Waals surface area contributed by atoms with E-state index in [1.807, 2.05) is 26.0 Å². The van der Waals surface area contributed by atoms with Crippen LogP contribution in [0.1, 0.15) is 31.0 Å². The zero-order chi connectivity index (χ0) is 20.3. The Morgan fingerprint density at radius 1 is 1.07 bits per heavy atom. The van der Waals surface area contributed by atoms with Crippen LogP contribution in [0.25, 0.3) is 0 Å². The molecule has 0 radical (unpaired) electrons. The highest BCUT2D eigenvalue weighted by atomic mass is 16.3. The van der Waals surface area contributed by atoms with Crippen LogP contribution < -0.4 is 15.5 Å². The number of para-hydroxylation sites is 1. The highest BCUT2D eigenvalue weighted by molar-refractivity contribution is 6.35. The minimum Gasteiger partial charge on any atom is -0.508 e. The van der Waals surface area contributed by atoms with Gasteiger partial charge in [0, 0.05) is 23.8 Å². The van der Waals surface area contributed by atoms with Gasteiger partial charge in [-0.2, -0.15) is 0 Å². The molecule has 3 rings (SSSR count). The van der Waals surface area contributed by atoms with Gasteiger partial charge in [0.15, 0.2) is 0 Å². The number of phenols is 1. The minimum atomic E-state index is -0.867. The maximum absolute atomic E-state index is 12.7. The lowest BCUT2D eigenvalue weighted by molar-refractivity contribution is -0.140. The highest BCUT2D eigenvalue weighted by Gasteiger charge is 2.39. The standard InChI is InChI=1S/C21H23N3O4/c1-13(2)24-17-6-4-3-5-16(17)18(21(24)28)23-20(27)19(26)22-12-11-14-7-9-15(25)10-8-14/h3-10,13,18,25H,11-12H2,1-2H3,(H,22,26)(H,23,27)/t18-/m0/s1. The molecule has 2 aromatic rings. The van der Waals surface area contributed by atoms with Gasteiger partial charge < -0.3 is 20.6 Å². The molecule has 3 amide bonds. The number of nitrogens with one attached hydrogen (secondary N) is 2. The Morgan fingerprint density at radius 2 is 1.75 bits per heavy atom. The van der Waals surface area contributed by atoms with Crippen molar-refractivity contribution in [3.05, 3.63) is 59.7 Å². The monoisotopic (exact) mass is 381 g/mol. The first-order valence-electron chi connectivity index (χ1n) is 9.17. The molecule has 0 aromatic heterocycles. The van der Waals surface area contributed by atoms with E-state index in [1.54, 1.807) is 41.3 Å². The van der Waals surface area contributed by atoms with Crippen LogP contribution in [0.4, 0.5) is 5.69 Å². The molecule has 0 aliphatic carbocycles. The van der Waals surface area contributed by atoms with Gasteiger partial charge in [0.2, 0.25) is 0 Å². The number of benzene rings is 2. The lowest BCUT2D eigenvalue weighted by Crippen LogP contribution is -2.45. The summed E-state index contributed by atoms with van der Waals surface area (Å²) in [5.74, 6) is -1.71. The molecule has 0 spiro atoms. The van der Waals surface area contributed by atoms with Gasteiger partial charge in [-0.25, -0.2) is 0 Å². The second-order valence-electron chi connectivity index (χ2n) is 6.94. The van der Waals surface area contributed by atoms with Crippen LogP contribution in [0.15, 0.2) is 48.5 Å². The topological polar surface area (TPSA) is 98.7 Å². The molecule has 2 aromatic carbocycles. The number of nitrogens with zero attached hydrogens (tertiary/aromatic N) is 1. The van der Waals surface area contributed by atoms with E-state index in [1.165, 1.54) is 0 Å². The summed E-state index contributed by atoms with van der Waals surface area (Å²) >= 11 is 0. The predicted octanol–water partition coefficient (Wildman–Crippen LogP) is 1.66. The number of amides is 3. The molecule has 7 nitrogen and oxygen atoms in total. The van der Waals surface area contributed by atoms with Gasteiger partial charge in [0.25, 0.3) is 5.91 Å². The fourth-order valence-corrected chi connectivity index (χ4v) is 3.27. The van der Waals surface area contributed by atoms with Crippen molar-refractivity contribution in [3.8, 4) is 5.75 Å². The summed E-state index contributed by atoms with van der Waals surface area (Å²) in [6.07, 6.45) is 0.519. The lowest BCUT2D eigenvalue weighted by Gasteiger charge is -2.22. The second-order valence-corrected chi connectivity index (χ2v) is 6.94. The average Bonchev–Trinajstić information content (AvgIpc) is 2.95. The van der Waals surface area contributed by atoms with Crippen LogP contribution in [-0.4, -0.2) is 35.4 Å². The number of hydrogen-bond acceptors (Lipinski definition) is 4. The van der Waals surface area contributed by atoms with E-state index in [0.29, 0.717) is 12.0 Å². The number of hydrogen-bond donors (Lipinski definition) is 3. The summed E-state index contributed by atoms with van der Waals surface area (Å²) in [6.45, 7) is 4.06. The minimum absolute atomic E-state index is 0.0605. The van der Waals surface area contributed by atoms with Crippen molar-refractivity contribution >= 4 is 23.4 Å². The van der Waals surface area contributed by atoms with Crippen molar-refractivity contribution in [1.29, 1.82) is 0 Å². The molecule has 0 saturated heterocycles. The van der Waals surface area contributed by atoms with Gasteiger partial charge in [-0.15, -0.1) is 0 Å². The Labute approximate surface area is 163 Å². The smallest absolute Gasteiger partial charge is 0.310 e.